The van der Waals surface area contributed by atoms with E-state index < -0.39 is 0 Å². The van der Waals surface area contributed by atoms with Crippen LogP contribution >= 0.6 is 0 Å². The van der Waals surface area contributed by atoms with Crippen LogP contribution in [0, 0.1) is 0 Å². The van der Waals surface area contributed by atoms with E-state index in [0.717, 1.165) is 44.1 Å². The van der Waals surface area contributed by atoms with E-state index in [1.807, 2.05) is 48.8 Å². The predicted octanol–water partition coefficient (Wildman–Crippen LogP) is 4.05. The summed E-state index contributed by atoms with van der Waals surface area (Å²) in [4.78, 5) is 81.8. The standard InChI is InChI=1S/2C21H20N4O3.H2O/c2*1-22-21(28)24-11-13-6-7-18-17(10-13)14(12-23-18)8-9-25-19(26)15-4-2-3-5-16(15)20(25)27;/h2*2-7,10,12,23H,8-9,11H2,1H3,(H2,22,24,28);1H2. The van der Waals surface area contributed by atoms with Gasteiger partial charge in [-0.1, -0.05) is 36.4 Å². The molecule has 2 aromatic heterocycles. The van der Waals surface area contributed by atoms with E-state index in [2.05, 4.69) is 31.2 Å². The number of aromatic nitrogens is 2. The van der Waals surface area contributed by atoms with Gasteiger partial charge in [-0.25, -0.2) is 9.59 Å². The van der Waals surface area contributed by atoms with Gasteiger partial charge >= 0.3 is 12.1 Å². The summed E-state index contributed by atoms with van der Waals surface area (Å²) < 4.78 is 0. The Hall–Kier alpha value is -7.26. The lowest BCUT2D eigenvalue weighted by Gasteiger charge is -2.13. The fourth-order valence-electron chi connectivity index (χ4n) is 6.98. The van der Waals surface area contributed by atoms with Crippen LogP contribution < -0.4 is 21.3 Å². The number of H-pyrrole nitrogens is 2. The Bertz CT molecular complexity index is 2280. The summed E-state index contributed by atoms with van der Waals surface area (Å²) in [6.07, 6.45) is 4.91. The number of benzene rings is 4. The number of nitrogens with zero attached hydrogens (tertiary/aromatic N) is 2. The zero-order valence-corrected chi connectivity index (χ0v) is 31.3. The van der Waals surface area contributed by atoms with Crippen molar-refractivity contribution in [2.75, 3.05) is 27.2 Å². The van der Waals surface area contributed by atoms with Gasteiger partial charge in [0.25, 0.3) is 23.6 Å². The number of urea groups is 2. The van der Waals surface area contributed by atoms with Crippen LogP contribution in [-0.4, -0.2) is 88.1 Å². The molecule has 0 spiro atoms. The number of fused-ring (bicyclic) bond motifs is 4. The highest BCUT2D eigenvalue weighted by Crippen LogP contribution is 2.27. The average Bonchev–Trinajstić information content (AvgIpc) is 3.96. The van der Waals surface area contributed by atoms with Gasteiger partial charge in [-0.2, -0.15) is 0 Å². The van der Waals surface area contributed by atoms with Gasteiger partial charge in [0.2, 0.25) is 0 Å². The van der Waals surface area contributed by atoms with Gasteiger partial charge in [-0.05, 0) is 83.6 Å². The van der Waals surface area contributed by atoms with Gasteiger partial charge in [-0.3, -0.25) is 29.0 Å². The van der Waals surface area contributed by atoms with Crippen LogP contribution in [0.1, 0.15) is 63.7 Å². The quantitative estimate of drug-likeness (QED) is 0.113. The molecule has 0 fully saturated rings. The minimum Gasteiger partial charge on any atom is -0.412 e. The average molecular weight is 771 g/mol. The summed E-state index contributed by atoms with van der Waals surface area (Å²) in [5.74, 6) is -0.960. The summed E-state index contributed by atoms with van der Waals surface area (Å²) in [5.41, 5.74) is 7.80. The smallest absolute Gasteiger partial charge is 0.314 e. The van der Waals surface area contributed by atoms with Crippen LogP contribution in [-0.2, 0) is 25.9 Å². The molecule has 0 saturated heterocycles. The minimum atomic E-state index is -0.240. The number of hydrogen-bond donors (Lipinski definition) is 6. The lowest BCUT2D eigenvalue weighted by atomic mass is 10.1. The number of nitrogens with one attached hydrogen (secondary N) is 6. The van der Waals surface area contributed by atoms with Crippen molar-refractivity contribution < 1.29 is 34.2 Å². The number of carbonyl (C=O) groups excluding carboxylic acids is 6. The van der Waals surface area contributed by atoms with Crippen molar-refractivity contribution in [1.82, 2.24) is 41.0 Å². The van der Waals surface area contributed by atoms with Gasteiger partial charge in [0.1, 0.15) is 0 Å². The van der Waals surface area contributed by atoms with Gasteiger partial charge < -0.3 is 36.7 Å². The third-order valence-electron chi connectivity index (χ3n) is 9.99. The van der Waals surface area contributed by atoms with Gasteiger partial charge in [0.05, 0.1) is 22.3 Å². The lowest BCUT2D eigenvalue weighted by molar-refractivity contribution is 0.0640. The molecule has 0 atom stereocenters. The molecule has 0 saturated carbocycles. The fraction of sp³-hybridized carbons (Fsp3) is 0.190. The second-order valence-electron chi connectivity index (χ2n) is 13.4. The molecular formula is C42H42N8O7. The highest BCUT2D eigenvalue weighted by Gasteiger charge is 2.35. The molecule has 15 heteroatoms. The number of amides is 8. The van der Waals surface area contributed by atoms with E-state index in [0.29, 0.717) is 61.3 Å². The number of imide groups is 2. The van der Waals surface area contributed by atoms with Crippen LogP contribution in [0.25, 0.3) is 21.8 Å². The van der Waals surface area contributed by atoms with E-state index in [9.17, 15) is 28.8 Å². The van der Waals surface area contributed by atoms with Crippen molar-refractivity contribution in [3.8, 4) is 0 Å². The first kappa shape index (κ1) is 39.4. The topological polar surface area (TPSA) is 220 Å². The van der Waals surface area contributed by atoms with Crippen molar-refractivity contribution >= 4 is 57.5 Å². The molecule has 4 aromatic carbocycles. The molecule has 292 valence electrons. The molecule has 0 bridgehead atoms. The third kappa shape index (κ3) is 8.09. The third-order valence-corrected chi connectivity index (χ3v) is 9.99. The molecule has 8 N–H and O–H groups in total. The molecule has 0 radical (unpaired) electrons. The van der Waals surface area contributed by atoms with E-state index in [1.54, 1.807) is 62.6 Å². The number of aromatic amines is 2. The molecular weight excluding hydrogens is 729 g/mol. The monoisotopic (exact) mass is 770 g/mol. The normalized spacial score (nSPS) is 12.9. The largest absolute Gasteiger partial charge is 0.412 e. The first-order valence-corrected chi connectivity index (χ1v) is 18.2. The lowest BCUT2D eigenvalue weighted by Crippen LogP contribution is -2.32. The van der Waals surface area contributed by atoms with Crippen LogP contribution in [0.4, 0.5) is 9.59 Å². The first-order valence-electron chi connectivity index (χ1n) is 18.2. The maximum atomic E-state index is 12.5. The van der Waals surface area contributed by atoms with Gasteiger partial charge in [-0.15, -0.1) is 0 Å². The summed E-state index contributed by atoms with van der Waals surface area (Å²) in [7, 11) is 3.14. The molecule has 2 aliphatic rings. The SMILES string of the molecule is CNC(=O)NCc1ccc2[nH]cc(CCN3C(=O)c4ccccc4C3=O)c2c1.CNC(=O)NCc1ccc2[nH]cc(CCN3C(=O)c4ccccc4C3=O)c2c1.O. The Kier molecular flexibility index (Phi) is 11.8. The first-order chi connectivity index (χ1) is 27.2. The number of hydrogen-bond acceptors (Lipinski definition) is 6. The van der Waals surface area contributed by atoms with Crippen molar-refractivity contribution in [1.29, 1.82) is 0 Å². The van der Waals surface area contributed by atoms with Crippen molar-refractivity contribution in [3.63, 3.8) is 0 Å². The summed E-state index contributed by atoms with van der Waals surface area (Å²) in [6, 6.07) is 25.2. The van der Waals surface area contributed by atoms with E-state index in [4.69, 9.17) is 0 Å². The summed E-state index contributed by atoms with van der Waals surface area (Å²) in [6.45, 7) is 1.47. The van der Waals surface area contributed by atoms with E-state index in [-0.39, 0.29) is 41.2 Å². The maximum absolute atomic E-state index is 12.5. The summed E-state index contributed by atoms with van der Waals surface area (Å²) >= 11 is 0. The highest BCUT2D eigenvalue weighted by atomic mass is 16.2. The van der Waals surface area contributed by atoms with E-state index >= 15 is 0 Å². The Morgan fingerprint density at radius 3 is 1.23 bits per heavy atom. The Labute approximate surface area is 327 Å². The van der Waals surface area contributed by atoms with Crippen molar-refractivity contribution in [2.24, 2.45) is 0 Å². The second-order valence-corrected chi connectivity index (χ2v) is 13.4. The van der Waals surface area contributed by atoms with Crippen molar-refractivity contribution in [3.05, 3.63) is 142 Å². The number of rotatable bonds is 10. The molecule has 57 heavy (non-hydrogen) atoms. The van der Waals surface area contributed by atoms with E-state index in [1.165, 1.54) is 9.80 Å². The molecule has 2 aliphatic heterocycles. The molecule has 15 nitrogen and oxygen atoms in total. The zero-order valence-electron chi connectivity index (χ0n) is 31.3. The fourth-order valence-corrected chi connectivity index (χ4v) is 6.98. The highest BCUT2D eigenvalue weighted by molar-refractivity contribution is 6.22. The maximum Gasteiger partial charge on any atom is 0.314 e. The molecule has 6 aromatic rings. The van der Waals surface area contributed by atoms with Crippen LogP contribution in [0.3, 0.4) is 0 Å². The Balaban J connectivity index is 0.000000189. The minimum absolute atomic E-state index is 0. The van der Waals surface area contributed by atoms with Gasteiger partial charge in [0, 0.05) is 74.5 Å². The molecule has 8 amide bonds. The second kappa shape index (κ2) is 17.0. The molecule has 0 unspecified atom stereocenters. The molecule has 0 aliphatic carbocycles. The molecule has 4 heterocycles. The predicted molar refractivity (Wildman–Crippen MR) is 214 cm³/mol. The van der Waals surface area contributed by atoms with Gasteiger partial charge in [0.15, 0.2) is 0 Å². The van der Waals surface area contributed by atoms with Crippen LogP contribution in [0.5, 0.6) is 0 Å². The number of carbonyl (C=O) groups is 6. The Morgan fingerprint density at radius 2 is 0.895 bits per heavy atom. The zero-order chi connectivity index (χ0) is 39.3. The van der Waals surface area contributed by atoms with Crippen LogP contribution in [0.15, 0.2) is 97.3 Å². The van der Waals surface area contributed by atoms with Crippen molar-refractivity contribution in [2.45, 2.75) is 25.9 Å². The summed E-state index contributed by atoms with van der Waals surface area (Å²) in [5, 5.41) is 12.6. The Morgan fingerprint density at radius 1 is 0.544 bits per heavy atom. The molecule has 8 rings (SSSR count). The van der Waals surface area contributed by atoms with Crippen LogP contribution in [0.2, 0.25) is 0 Å².